The third-order valence-electron chi connectivity index (χ3n) is 1.15. The predicted octanol–water partition coefficient (Wildman–Crippen LogP) is 0.925. The van der Waals surface area contributed by atoms with Gasteiger partial charge in [-0.1, -0.05) is 0 Å². The highest BCUT2D eigenvalue weighted by molar-refractivity contribution is 6.28. The van der Waals surface area contributed by atoms with E-state index >= 15 is 0 Å². The minimum atomic E-state index is -0.743. The van der Waals surface area contributed by atoms with E-state index in [0.29, 0.717) is 5.76 Å². The first kappa shape index (κ1) is 7.60. The van der Waals surface area contributed by atoms with Gasteiger partial charge in [-0.2, -0.15) is 0 Å². The molecule has 0 spiro atoms. The lowest BCUT2D eigenvalue weighted by Gasteiger charge is -2.00. The van der Waals surface area contributed by atoms with Crippen LogP contribution >= 0.6 is 11.6 Å². The molecular formula is C6H8ClNO2. The molecule has 0 saturated heterocycles. The number of hydrogen-bond donors (Lipinski definition) is 2. The van der Waals surface area contributed by atoms with E-state index < -0.39 is 6.10 Å². The zero-order chi connectivity index (χ0) is 7.56. The van der Waals surface area contributed by atoms with E-state index in [-0.39, 0.29) is 11.8 Å². The number of nitrogens with two attached hydrogens (primary N) is 1. The maximum absolute atomic E-state index is 9.07. The van der Waals surface area contributed by atoms with Crippen LogP contribution in [0.1, 0.15) is 11.9 Å². The van der Waals surface area contributed by atoms with E-state index in [1.165, 1.54) is 0 Å². The van der Waals surface area contributed by atoms with Crippen LogP contribution in [-0.2, 0) is 0 Å². The van der Waals surface area contributed by atoms with Gasteiger partial charge in [-0.15, -0.1) is 0 Å². The molecule has 0 fully saturated rings. The fourth-order valence-electron chi connectivity index (χ4n) is 0.624. The molecule has 10 heavy (non-hydrogen) atoms. The van der Waals surface area contributed by atoms with Crippen molar-refractivity contribution in [3.63, 3.8) is 0 Å². The van der Waals surface area contributed by atoms with E-state index in [1.54, 1.807) is 12.1 Å². The maximum Gasteiger partial charge on any atom is 0.193 e. The zero-order valence-corrected chi connectivity index (χ0v) is 6.01. The van der Waals surface area contributed by atoms with Crippen molar-refractivity contribution >= 4 is 11.6 Å². The second-order valence-corrected chi connectivity index (χ2v) is 2.27. The van der Waals surface area contributed by atoms with Crippen LogP contribution in [0.25, 0.3) is 0 Å². The Kier molecular flexibility index (Phi) is 2.32. The van der Waals surface area contributed by atoms with Crippen LogP contribution in [0.5, 0.6) is 0 Å². The molecule has 0 radical (unpaired) electrons. The second kappa shape index (κ2) is 3.05. The van der Waals surface area contributed by atoms with Crippen molar-refractivity contribution in [3.8, 4) is 0 Å². The van der Waals surface area contributed by atoms with Crippen LogP contribution in [0.3, 0.4) is 0 Å². The highest BCUT2D eigenvalue weighted by atomic mass is 35.5. The summed E-state index contributed by atoms with van der Waals surface area (Å²) in [6, 6.07) is 3.16. The topological polar surface area (TPSA) is 59.4 Å². The normalized spacial score (nSPS) is 13.5. The number of rotatable bonds is 2. The summed E-state index contributed by atoms with van der Waals surface area (Å²) in [6.07, 6.45) is -0.743. The van der Waals surface area contributed by atoms with Crippen molar-refractivity contribution in [1.82, 2.24) is 0 Å². The van der Waals surface area contributed by atoms with Crippen LogP contribution in [0.15, 0.2) is 16.5 Å². The van der Waals surface area contributed by atoms with Gasteiger partial charge in [0.15, 0.2) is 5.22 Å². The number of aliphatic hydroxyl groups is 1. The number of hydrogen-bond acceptors (Lipinski definition) is 3. The molecule has 0 aliphatic carbocycles. The SMILES string of the molecule is NC[C@H](O)c1ccc(Cl)o1. The third kappa shape index (κ3) is 1.50. The highest BCUT2D eigenvalue weighted by Gasteiger charge is 2.08. The van der Waals surface area contributed by atoms with Gasteiger partial charge in [-0.3, -0.25) is 0 Å². The molecule has 0 aromatic carbocycles. The number of furan rings is 1. The molecule has 0 saturated carbocycles. The Morgan fingerprint density at radius 1 is 1.70 bits per heavy atom. The van der Waals surface area contributed by atoms with E-state index in [4.69, 9.17) is 26.9 Å². The fraction of sp³-hybridized carbons (Fsp3) is 0.333. The fourth-order valence-corrected chi connectivity index (χ4v) is 0.776. The smallest absolute Gasteiger partial charge is 0.193 e. The standard InChI is InChI=1S/C6H8ClNO2/c7-6-2-1-5(10-6)4(9)3-8/h1-2,4,9H,3,8H2/t4-/m0/s1. The van der Waals surface area contributed by atoms with E-state index in [9.17, 15) is 0 Å². The lowest BCUT2D eigenvalue weighted by Crippen LogP contribution is -2.10. The van der Waals surface area contributed by atoms with Crippen molar-refractivity contribution in [2.24, 2.45) is 5.73 Å². The molecule has 4 heteroatoms. The van der Waals surface area contributed by atoms with Crippen molar-refractivity contribution in [2.45, 2.75) is 6.10 Å². The summed E-state index contributed by atoms with van der Waals surface area (Å²) in [7, 11) is 0. The lowest BCUT2D eigenvalue weighted by atomic mass is 10.3. The average molecular weight is 162 g/mol. The van der Waals surface area contributed by atoms with Gasteiger partial charge in [0.05, 0.1) is 0 Å². The van der Waals surface area contributed by atoms with E-state index in [0.717, 1.165) is 0 Å². The van der Waals surface area contributed by atoms with Gasteiger partial charge in [0, 0.05) is 6.54 Å². The van der Waals surface area contributed by atoms with E-state index in [1.807, 2.05) is 0 Å². The van der Waals surface area contributed by atoms with E-state index in [2.05, 4.69) is 0 Å². The van der Waals surface area contributed by atoms with Gasteiger partial charge in [0.2, 0.25) is 0 Å². The van der Waals surface area contributed by atoms with Crippen molar-refractivity contribution < 1.29 is 9.52 Å². The molecular weight excluding hydrogens is 154 g/mol. The van der Waals surface area contributed by atoms with Crippen LogP contribution in [0, 0.1) is 0 Å². The summed E-state index contributed by atoms with van der Waals surface area (Å²) in [6.45, 7) is 0.143. The average Bonchev–Trinajstić information content (AvgIpc) is 2.34. The molecule has 0 bridgehead atoms. The van der Waals surface area contributed by atoms with Gasteiger partial charge in [0.1, 0.15) is 11.9 Å². The number of aliphatic hydroxyl groups excluding tert-OH is 1. The molecule has 3 N–H and O–H groups in total. The van der Waals surface area contributed by atoms with Gasteiger partial charge in [-0.25, -0.2) is 0 Å². The first-order chi connectivity index (χ1) is 4.74. The summed E-state index contributed by atoms with van der Waals surface area (Å²) in [5.74, 6) is 0.410. The quantitative estimate of drug-likeness (QED) is 0.678. The first-order valence-electron chi connectivity index (χ1n) is 2.87. The largest absolute Gasteiger partial charge is 0.447 e. The van der Waals surface area contributed by atoms with Crippen LogP contribution in [0.4, 0.5) is 0 Å². The summed E-state index contributed by atoms with van der Waals surface area (Å²) in [5, 5.41) is 9.33. The first-order valence-corrected chi connectivity index (χ1v) is 3.25. The zero-order valence-electron chi connectivity index (χ0n) is 5.25. The minimum Gasteiger partial charge on any atom is -0.447 e. The summed E-state index contributed by atoms with van der Waals surface area (Å²) >= 11 is 5.44. The Labute approximate surface area is 63.4 Å². The Morgan fingerprint density at radius 2 is 2.40 bits per heavy atom. The van der Waals surface area contributed by atoms with Crippen LogP contribution in [-0.4, -0.2) is 11.7 Å². The van der Waals surface area contributed by atoms with Crippen molar-refractivity contribution in [2.75, 3.05) is 6.54 Å². The number of halogens is 1. The Balaban J connectivity index is 2.74. The Morgan fingerprint density at radius 3 is 2.80 bits per heavy atom. The van der Waals surface area contributed by atoms with Crippen molar-refractivity contribution in [3.05, 3.63) is 23.1 Å². The summed E-state index contributed by atoms with van der Waals surface area (Å²) in [5.41, 5.74) is 5.16. The molecule has 1 atom stereocenters. The monoisotopic (exact) mass is 161 g/mol. The highest BCUT2D eigenvalue weighted by Crippen LogP contribution is 2.18. The van der Waals surface area contributed by atoms with Crippen LogP contribution in [0.2, 0.25) is 5.22 Å². The minimum absolute atomic E-state index is 0.143. The molecule has 1 aromatic heterocycles. The molecule has 56 valence electrons. The predicted molar refractivity (Wildman–Crippen MR) is 37.7 cm³/mol. The van der Waals surface area contributed by atoms with Crippen molar-refractivity contribution in [1.29, 1.82) is 0 Å². The molecule has 0 unspecified atom stereocenters. The molecule has 1 rings (SSSR count). The summed E-state index contributed by atoms with van der Waals surface area (Å²) < 4.78 is 4.87. The van der Waals surface area contributed by atoms with Gasteiger partial charge < -0.3 is 15.3 Å². The van der Waals surface area contributed by atoms with Gasteiger partial charge >= 0.3 is 0 Å². The Bertz CT molecular complexity index is 211. The van der Waals surface area contributed by atoms with Crippen LogP contribution < -0.4 is 5.73 Å². The van der Waals surface area contributed by atoms with Gasteiger partial charge in [-0.05, 0) is 23.7 Å². The third-order valence-corrected chi connectivity index (χ3v) is 1.35. The molecule has 1 aromatic rings. The molecule has 1 heterocycles. The maximum atomic E-state index is 9.07. The van der Waals surface area contributed by atoms with Gasteiger partial charge in [0.25, 0.3) is 0 Å². The Hall–Kier alpha value is -0.510. The molecule has 0 aliphatic heterocycles. The summed E-state index contributed by atoms with van der Waals surface area (Å²) in [4.78, 5) is 0. The molecule has 0 aliphatic rings. The lowest BCUT2D eigenvalue weighted by molar-refractivity contribution is 0.158. The molecule has 3 nitrogen and oxygen atoms in total. The molecule has 0 amide bonds. The second-order valence-electron chi connectivity index (χ2n) is 1.89.